The van der Waals surface area contributed by atoms with Crippen molar-refractivity contribution in [2.45, 2.75) is 18.0 Å². The number of hydrogen-bond acceptors (Lipinski definition) is 5. The molecule has 0 atom stereocenters. The van der Waals surface area contributed by atoms with Crippen LogP contribution in [0.4, 0.5) is 4.39 Å². The quantitative estimate of drug-likeness (QED) is 0.374. The van der Waals surface area contributed by atoms with E-state index >= 15 is 0 Å². The number of imide groups is 1. The molecular formula is C20H17FN4O2S. The second-order valence-corrected chi connectivity index (χ2v) is 7.37. The number of carbonyl (C=O) groups is 2. The van der Waals surface area contributed by atoms with Crippen LogP contribution in [0.5, 0.6) is 0 Å². The van der Waals surface area contributed by atoms with Gasteiger partial charge in [0.05, 0.1) is 16.7 Å². The first-order valence-electron chi connectivity index (χ1n) is 8.90. The number of H-pyrrole nitrogens is 1. The molecule has 1 aliphatic rings. The first kappa shape index (κ1) is 18.4. The van der Waals surface area contributed by atoms with Gasteiger partial charge in [0.2, 0.25) is 5.16 Å². The summed E-state index contributed by atoms with van der Waals surface area (Å²) in [6, 6.07) is 13.3. The Morgan fingerprint density at radius 2 is 1.57 bits per heavy atom. The van der Waals surface area contributed by atoms with Crippen LogP contribution in [-0.4, -0.2) is 44.2 Å². The van der Waals surface area contributed by atoms with Gasteiger partial charge in [0.1, 0.15) is 5.82 Å². The van der Waals surface area contributed by atoms with Crippen molar-refractivity contribution in [2.75, 3.05) is 12.3 Å². The molecule has 0 saturated carbocycles. The van der Waals surface area contributed by atoms with Gasteiger partial charge in [-0.3, -0.25) is 19.6 Å². The molecule has 2 heterocycles. The van der Waals surface area contributed by atoms with Crippen molar-refractivity contribution >= 4 is 23.6 Å². The molecular weight excluding hydrogens is 379 g/mol. The van der Waals surface area contributed by atoms with Gasteiger partial charge in [0.15, 0.2) is 5.82 Å². The number of rotatable bonds is 7. The Morgan fingerprint density at radius 3 is 2.25 bits per heavy atom. The first-order chi connectivity index (χ1) is 13.6. The monoisotopic (exact) mass is 396 g/mol. The molecule has 1 aromatic heterocycles. The Morgan fingerprint density at radius 1 is 0.929 bits per heavy atom. The Balaban J connectivity index is 1.26. The average molecular weight is 396 g/mol. The number of thioether (sulfide) groups is 1. The van der Waals surface area contributed by atoms with Crippen LogP contribution in [0, 0.1) is 5.82 Å². The largest absolute Gasteiger partial charge is 0.274 e. The number of nitrogens with zero attached hydrogens (tertiary/aromatic N) is 3. The number of nitrogens with one attached hydrogen (secondary N) is 1. The molecule has 2 amide bonds. The lowest BCUT2D eigenvalue weighted by atomic mass is 10.1. The van der Waals surface area contributed by atoms with Crippen LogP contribution in [0.15, 0.2) is 53.7 Å². The molecule has 6 nitrogen and oxygen atoms in total. The molecule has 1 aliphatic heterocycles. The molecule has 28 heavy (non-hydrogen) atoms. The fraction of sp³-hybridized carbons (Fsp3) is 0.200. The summed E-state index contributed by atoms with van der Waals surface area (Å²) in [6.07, 6.45) is 1.49. The van der Waals surface area contributed by atoms with E-state index in [1.165, 1.54) is 22.7 Å². The third-order valence-electron chi connectivity index (χ3n) is 4.48. The number of aromatic amines is 1. The van der Waals surface area contributed by atoms with Gasteiger partial charge >= 0.3 is 0 Å². The van der Waals surface area contributed by atoms with Crippen LogP contribution < -0.4 is 0 Å². The van der Waals surface area contributed by atoms with E-state index in [-0.39, 0.29) is 17.6 Å². The molecule has 0 radical (unpaired) electrons. The van der Waals surface area contributed by atoms with Gasteiger partial charge in [-0.15, -0.1) is 5.10 Å². The van der Waals surface area contributed by atoms with E-state index in [2.05, 4.69) is 15.2 Å². The number of hydrogen-bond donors (Lipinski definition) is 1. The summed E-state index contributed by atoms with van der Waals surface area (Å²) in [5, 5.41) is 7.39. The second kappa shape index (κ2) is 7.93. The fourth-order valence-electron chi connectivity index (χ4n) is 3.06. The van der Waals surface area contributed by atoms with Crippen molar-refractivity contribution in [3.63, 3.8) is 0 Å². The van der Waals surface area contributed by atoms with Gasteiger partial charge < -0.3 is 0 Å². The van der Waals surface area contributed by atoms with Crippen molar-refractivity contribution in [1.82, 2.24) is 20.1 Å². The molecule has 0 saturated heterocycles. The highest BCUT2D eigenvalue weighted by Crippen LogP contribution is 2.24. The first-order valence-corrected chi connectivity index (χ1v) is 9.89. The molecule has 4 rings (SSSR count). The number of aromatic nitrogens is 3. The van der Waals surface area contributed by atoms with E-state index in [0.29, 0.717) is 40.6 Å². The predicted molar refractivity (Wildman–Crippen MR) is 104 cm³/mol. The maximum Gasteiger partial charge on any atom is 0.261 e. The number of carbonyl (C=O) groups excluding carboxylic acids is 2. The van der Waals surface area contributed by atoms with Crippen molar-refractivity contribution in [1.29, 1.82) is 0 Å². The third-order valence-corrected chi connectivity index (χ3v) is 5.41. The zero-order chi connectivity index (χ0) is 19.5. The number of fused-ring (bicyclic) bond motifs is 1. The number of amides is 2. The maximum absolute atomic E-state index is 13.8. The molecule has 0 bridgehead atoms. The number of unbranched alkanes of at least 4 members (excludes halogenated alkanes) is 1. The Hall–Kier alpha value is -3.00. The zero-order valence-corrected chi connectivity index (χ0v) is 15.7. The van der Waals surface area contributed by atoms with Gasteiger partial charge in [-0.05, 0) is 37.1 Å². The molecule has 8 heteroatoms. The van der Waals surface area contributed by atoms with Crippen LogP contribution in [0.1, 0.15) is 33.6 Å². The van der Waals surface area contributed by atoms with Gasteiger partial charge in [0, 0.05) is 12.3 Å². The molecule has 0 fully saturated rings. The van der Waals surface area contributed by atoms with Gasteiger partial charge in [-0.2, -0.15) is 0 Å². The van der Waals surface area contributed by atoms with E-state index in [1.54, 1.807) is 42.5 Å². The average Bonchev–Trinajstić information content (AvgIpc) is 3.27. The molecule has 2 aromatic carbocycles. The van der Waals surface area contributed by atoms with Gasteiger partial charge in [0.25, 0.3) is 11.8 Å². The number of benzene rings is 2. The SMILES string of the molecule is O=C1c2ccccc2C(=O)N1CCCCSc1n[nH]c(-c2ccccc2F)n1. The van der Waals surface area contributed by atoms with Crippen LogP contribution in [0.2, 0.25) is 0 Å². The highest BCUT2D eigenvalue weighted by molar-refractivity contribution is 7.99. The van der Waals surface area contributed by atoms with E-state index in [9.17, 15) is 14.0 Å². The summed E-state index contributed by atoms with van der Waals surface area (Å²) in [4.78, 5) is 30.2. The molecule has 142 valence electrons. The van der Waals surface area contributed by atoms with Crippen LogP contribution in [0.3, 0.4) is 0 Å². The lowest BCUT2D eigenvalue weighted by molar-refractivity contribution is 0.0652. The topological polar surface area (TPSA) is 79.0 Å². The third kappa shape index (κ3) is 3.55. The molecule has 0 unspecified atom stereocenters. The summed E-state index contributed by atoms with van der Waals surface area (Å²) >= 11 is 1.45. The van der Waals surface area contributed by atoms with E-state index in [0.717, 1.165) is 12.2 Å². The second-order valence-electron chi connectivity index (χ2n) is 6.31. The normalized spacial score (nSPS) is 13.2. The predicted octanol–water partition coefficient (Wildman–Crippen LogP) is 3.78. The maximum atomic E-state index is 13.8. The highest BCUT2D eigenvalue weighted by Gasteiger charge is 2.34. The van der Waals surface area contributed by atoms with E-state index in [4.69, 9.17) is 0 Å². The highest BCUT2D eigenvalue weighted by atomic mass is 32.2. The summed E-state index contributed by atoms with van der Waals surface area (Å²) in [7, 11) is 0. The van der Waals surface area contributed by atoms with Gasteiger partial charge in [-0.25, -0.2) is 9.37 Å². The van der Waals surface area contributed by atoms with Crippen molar-refractivity contribution in [3.05, 3.63) is 65.5 Å². The standard InChI is InChI=1S/C20H17FN4O2S/c21-16-10-4-3-9-15(16)17-22-20(24-23-17)28-12-6-5-11-25-18(26)13-7-1-2-8-14(13)19(25)27/h1-4,7-10H,5-6,11-12H2,(H,22,23,24). The summed E-state index contributed by atoms with van der Waals surface area (Å²) in [5.41, 5.74) is 1.33. The van der Waals surface area contributed by atoms with Crippen molar-refractivity contribution in [2.24, 2.45) is 0 Å². The van der Waals surface area contributed by atoms with Crippen LogP contribution >= 0.6 is 11.8 Å². The fourth-order valence-corrected chi connectivity index (χ4v) is 3.86. The molecule has 0 aliphatic carbocycles. The molecule has 1 N–H and O–H groups in total. The van der Waals surface area contributed by atoms with Gasteiger partial charge in [-0.1, -0.05) is 36.0 Å². The van der Waals surface area contributed by atoms with Crippen molar-refractivity contribution < 1.29 is 14.0 Å². The Bertz CT molecular complexity index is 1000. The molecule has 3 aromatic rings. The number of halogens is 1. The van der Waals surface area contributed by atoms with Crippen molar-refractivity contribution in [3.8, 4) is 11.4 Å². The van der Waals surface area contributed by atoms with Crippen LogP contribution in [0.25, 0.3) is 11.4 Å². The van der Waals surface area contributed by atoms with Crippen LogP contribution in [-0.2, 0) is 0 Å². The Kier molecular flexibility index (Phi) is 5.21. The molecule has 0 spiro atoms. The van der Waals surface area contributed by atoms with E-state index in [1.807, 2.05) is 0 Å². The van der Waals surface area contributed by atoms with E-state index < -0.39 is 0 Å². The minimum absolute atomic E-state index is 0.225. The summed E-state index contributed by atoms with van der Waals surface area (Å²) in [5.74, 6) is 0.328. The smallest absolute Gasteiger partial charge is 0.261 e. The summed E-state index contributed by atoms with van der Waals surface area (Å²) < 4.78 is 13.8. The lowest BCUT2D eigenvalue weighted by Gasteiger charge is -2.13. The Labute approximate surface area is 165 Å². The zero-order valence-electron chi connectivity index (χ0n) is 14.9. The minimum atomic E-state index is -0.351. The minimum Gasteiger partial charge on any atom is -0.274 e. The summed E-state index contributed by atoms with van der Waals surface area (Å²) in [6.45, 7) is 0.390. The lowest BCUT2D eigenvalue weighted by Crippen LogP contribution is -2.30.